The van der Waals surface area contributed by atoms with Crippen molar-refractivity contribution in [1.29, 1.82) is 0 Å². The Balaban J connectivity index is 3.62. The van der Waals surface area contributed by atoms with Gasteiger partial charge < -0.3 is 14.6 Å². The molecule has 0 saturated carbocycles. The van der Waals surface area contributed by atoms with E-state index in [-0.39, 0.29) is 12.4 Å². The highest BCUT2D eigenvalue weighted by atomic mass is 16.7. The van der Waals surface area contributed by atoms with Crippen molar-refractivity contribution in [3.8, 4) is 0 Å². The molecule has 0 saturated heterocycles. The summed E-state index contributed by atoms with van der Waals surface area (Å²) in [6, 6.07) is 0. The molecule has 15 heavy (non-hydrogen) atoms. The Kier molecular flexibility index (Phi) is 10.3. The lowest BCUT2D eigenvalue weighted by atomic mass is 10.1. The van der Waals surface area contributed by atoms with Crippen molar-refractivity contribution in [1.82, 2.24) is 0 Å². The third kappa shape index (κ3) is 8.85. The van der Waals surface area contributed by atoms with Crippen LogP contribution in [0.1, 0.15) is 52.9 Å². The summed E-state index contributed by atoms with van der Waals surface area (Å²) in [7, 11) is 0. The van der Waals surface area contributed by atoms with Crippen LogP contribution in [-0.2, 0) is 9.47 Å². The van der Waals surface area contributed by atoms with E-state index in [0.29, 0.717) is 19.6 Å². The first-order valence-corrected chi connectivity index (χ1v) is 6.15. The molecule has 0 aromatic heterocycles. The summed E-state index contributed by atoms with van der Waals surface area (Å²) in [4.78, 5) is 0. The zero-order valence-corrected chi connectivity index (χ0v) is 10.4. The van der Waals surface area contributed by atoms with Crippen LogP contribution in [0.25, 0.3) is 0 Å². The van der Waals surface area contributed by atoms with Gasteiger partial charge in [-0.2, -0.15) is 0 Å². The largest absolute Gasteiger partial charge is 0.393 e. The minimum absolute atomic E-state index is 0.239. The molecule has 3 nitrogen and oxygen atoms in total. The van der Waals surface area contributed by atoms with Gasteiger partial charge >= 0.3 is 0 Å². The second-order valence-corrected chi connectivity index (χ2v) is 3.73. The van der Waals surface area contributed by atoms with Crippen LogP contribution < -0.4 is 0 Å². The summed E-state index contributed by atoms with van der Waals surface area (Å²) >= 11 is 0. The number of ether oxygens (including phenoxy) is 2. The van der Waals surface area contributed by atoms with Crippen LogP contribution in [0.2, 0.25) is 0 Å². The quantitative estimate of drug-likeness (QED) is 0.452. The zero-order valence-electron chi connectivity index (χ0n) is 10.4. The Morgan fingerprint density at radius 1 is 1.00 bits per heavy atom. The highest BCUT2D eigenvalue weighted by Crippen LogP contribution is 2.11. The average molecular weight is 218 g/mol. The third-order valence-corrected chi connectivity index (χ3v) is 2.31. The van der Waals surface area contributed by atoms with Gasteiger partial charge in [0.25, 0.3) is 0 Å². The van der Waals surface area contributed by atoms with Gasteiger partial charge in [-0.1, -0.05) is 26.2 Å². The van der Waals surface area contributed by atoms with Crippen LogP contribution >= 0.6 is 0 Å². The van der Waals surface area contributed by atoms with Crippen LogP contribution in [0.4, 0.5) is 0 Å². The van der Waals surface area contributed by atoms with Crippen molar-refractivity contribution in [2.75, 3.05) is 13.2 Å². The van der Waals surface area contributed by atoms with Crippen molar-refractivity contribution >= 4 is 0 Å². The lowest BCUT2D eigenvalue weighted by Gasteiger charge is -2.20. The first-order valence-electron chi connectivity index (χ1n) is 6.15. The van der Waals surface area contributed by atoms with Gasteiger partial charge in [0.15, 0.2) is 6.29 Å². The molecule has 0 aliphatic rings. The van der Waals surface area contributed by atoms with Crippen LogP contribution in [0.15, 0.2) is 0 Å². The second-order valence-electron chi connectivity index (χ2n) is 3.73. The molecule has 1 N–H and O–H groups in total. The van der Waals surface area contributed by atoms with E-state index in [4.69, 9.17) is 9.47 Å². The van der Waals surface area contributed by atoms with Crippen molar-refractivity contribution in [2.24, 2.45) is 0 Å². The van der Waals surface area contributed by atoms with Gasteiger partial charge in [-0.15, -0.1) is 0 Å². The topological polar surface area (TPSA) is 38.7 Å². The number of aliphatic hydroxyl groups is 1. The number of hydrogen-bond donors (Lipinski definition) is 1. The molecule has 0 aliphatic carbocycles. The molecule has 1 atom stereocenters. The molecule has 0 radical (unpaired) electrons. The lowest BCUT2D eigenvalue weighted by molar-refractivity contribution is -0.152. The Hall–Kier alpha value is -0.120. The molecule has 1 unspecified atom stereocenters. The normalized spacial score (nSPS) is 13.4. The van der Waals surface area contributed by atoms with Gasteiger partial charge in [0, 0.05) is 19.6 Å². The third-order valence-electron chi connectivity index (χ3n) is 2.31. The highest BCUT2D eigenvalue weighted by molar-refractivity contribution is 4.59. The summed E-state index contributed by atoms with van der Waals surface area (Å²) in [6.45, 7) is 7.30. The maximum atomic E-state index is 9.74. The summed E-state index contributed by atoms with van der Waals surface area (Å²) in [5.74, 6) is 0. The minimum atomic E-state index is -0.292. The number of hydrogen-bond acceptors (Lipinski definition) is 3. The van der Waals surface area contributed by atoms with Crippen LogP contribution in [0.3, 0.4) is 0 Å². The Morgan fingerprint density at radius 3 is 2.07 bits per heavy atom. The number of unbranched alkanes of at least 4 members (excludes halogenated alkanes) is 2. The van der Waals surface area contributed by atoms with Gasteiger partial charge in [-0.3, -0.25) is 0 Å². The van der Waals surface area contributed by atoms with E-state index in [0.717, 1.165) is 12.8 Å². The van der Waals surface area contributed by atoms with Gasteiger partial charge in [-0.25, -0.2) is 0 Å². The molecular weight excluding hydrogens is 192 g/mol. The standard InChI is InChI=1S/C12H26O3/c1-4-7-8-9-11(13)10-12(14-5-2)15-6-3/h11-13H,4-10H2,1-3H3. The van der Waals surface area contributed by atoms with Crippen LogP contribution in [0, 0.1) is 0 Å². The van der Waals surface area contributed by atoms with Crippen molar-refractivity contribution in [3.63, 3.8) is 0 Å². The predicted octanol–water partition coefficient (Wildman–Crippen LogP) is 2.72. The van der Waals surface area contributed by atoms with E-state index >= 15 is 0 Å². The van der Waals surface area contributed by atoms with E-state index in [1.807, 2.05) is 13.8 Å². The highest BCUT2D eigenvalue weighted by Gasteiger charge is 2.14. The smallest absolute Gasteiger partial charge is 0.160 e. The Bertz CT molecular complexity index is 122. The fraction of sp³-hybridized carbons (Fsp3) is 1.00. The maximum Gasteiger partial charge on any atom is 0.160 e. The van der Waals surface area contributed by atoms with Crippen molar-refractivity contribution in [3.05, 3.63) is 0 Å². The Morgan fingerprint density at radius 2 is 1.60 bits per heavy atom. The summed E-state index contributed by atoms with van der Waals surface area (Å²) in [6.07, 6.45) is 4.37. The van der Waals surface area contributed by atoms with E-state index in [1.165, 1.54) is 12.8 Å². The average Bonchev–Trinajstić information content (AvgIpc) is 2.19. The monoisotopic (exact) mass is 218 g/mol. The molecule has 0 rings (SSSR count). The number of aliphatic hydroxyl groups excluding tert-OH is 1. The minimum Gasteiger partial charge on any atom is -0.393 e. The van der Waals surface area contributed by atoms with Gasteiger partial charge in [0.2, 0.25) is 0 Å². The van der Waals surface area contributed by atoms with E-state index in [9.17, 15) is 5.11 Å². The molecule has 0 aromatic rings. The zero-order chi connectivity index (χ0) is 11.5. The molecule has 0 heterocycles. The van der Waals surface area contributed by atoms with Gasteiger partial charge in [0.1, 0.15) is 0 Å². The van der Waals surface area contributed by atoms with Gasteiger partial charge in [0.05, 0.1) is 6.10 Å². The lowest BCUT2D eigenvalue weighted by Crippen LogP contribution is -2.24. The van der Waals surface area contributed by atoms with E-state index < -0.39 is 0 Å². The molecule has 0 spiro atoms. The summed E-state index contributed by atoms with van der Waals surface area (Å²) in [5.41, 5.74) is 0. The molecule has 0 amide bonds. The maximum absolute atomic E-state index is 9.74. The summed E-state index contributed by atoms with van der Waals surface area (Å²) in [5, 5.41) is 9.74. The van der Waals surface area contributed by atoms with Crippen LogP contribution in [-0.4, -0.2) is 30.7 Å². The fourth-order valence-corrected chi connectivity index (χ4v) is 1.53. The Labute approximate surface area is 93.8 Å². The SMILES string of the molecule is CCCCCC(O)CC(OCC)OCC. The molecule has 92 valence electrons. The molecule has 0 aliphatic heterocycles. The van der Waals surface area contributed by atoms with E-state index in [1.54, 1.807) is 0 Å². The first-order chi connectivity index (χ1) is 7.24. The fourth-order valence-electron chi connectivity index (χ4n) is 1.53. The molecule has 3 heteroatoms. The number of rotatable bonds is 10. The van der Waals surface area contributed by atoms with E-state index in [2.05, 4.69) is 6.92 Å². The van der Waals surface area contributed by atoms with Gasteiger partial charge in [-0.05, 0) is 20.3 Å². The van der Waals surface area contributed by atoms with Crippen molar-refractivity contribution < 1.29 is 14.6 Å². The molecule has 0 fully saturated rings. The molecule has 0 bridgehead atoms. The van der Waals surface area contributed by atoms with Crippen molar-refractivity contribution in [2.45, 2.75) is 65.3 Å². The first kappa shape index (κ1) is 14.9. The predicted molar refractivity (Wildman–Crippen MR) is 61.8 cm³/mol. The molecular formula is C12H26O3. The molecule has 0 aromatic carbocycles. The van der Waals surface area contributed by atoms with Crippen LogP contribution in [0.5, 0.6) is 0 Å². The summed E-state index contributed by atoms with van der Waals surface area (Å²) < 4.78 is 10.8. The second kappa shape index (κ2) is 10.4.